The lowest BCUT2D eigenvalue weighted by Gasteiger charge is -2.00. The van der Waals surface area contributed by atoms with Crippen LogP contribution in [0.4, 0.5) is 0 Å². The summed E-state index contributed by atoms with van der Waals surface area (Å²) in [6, 6.07) is 14.0. The fourth-order valence-electron chi connectivity index (χ4n) is 1.85. The van der Waals surface area contributed by atoms with Gasteiger partial charge in [0.1, 0.15) is 11.3 Å². The summed E-state index contributed by atoms with van der Waals surface area (Å²) in [7, 11) is 0. The van der Waals surface area contributed by atoms with Gasteiger partial charge in [0.25, 0.3) is 0 Å². The monoisotopic (exact) mass is 253 g/mol. The van der Waals surface area contributed by atoms with Crippen molar-refractivity contribution in [3.8, 4) is 5.75 Å². The van der Waals surface area contributed by atoms with Gasteiger partial charge in [0.2, 0.25) is 5.89 Å². The number of aromatic hydroxyl groups is 1. The largest absolute Gasteiger partial charge is 0.508 e. The van der Waals surface area contributed by atoms with E-state index in [1.54, 1.807) is 24.3 Å². The highest BCUT2D eigenvalue weighted by Crippen LogP contribution is 2.19. The van der Waals surface area contributed by atoms with Gasteiger partial charge in [0, 0.05) is 5.56 Å². The van der Waals surface area contributed by atoms with Crippen LogP contribution in [0.25, 0.3) is 11.1 Å². The molecule has 19 heavy (non-hydrogen) atoms. The number of oxazole rings is 1. The number of benzene rings is 2. The third-order valence-electron chi connectivity index (χ3n) is 2.77. The van der Waals surface area contributed by atoms with Gasteiger partial charge in [0.15, 0.2) is 11.3 Å². The number of rotatable bonds is 2. The SMILES string of the molecule is NN=C(c1ccc(O)cc1)c1nc2ccccc2o1. The number of phenolic OH excluding ortho intramolecular Hbond substituents is 1. The first kappa shape index (κ1) is 11.3. The second-order valence-electron chi connectivity index (χ2n) is 4.01. The van der Waals surface area contributed by atoms with Crippen LogP contribution in [0.15, 0.2) is 58.0 Å². The summed E-state index contributed by atoms with van der Waals surface area (Å²) in [6.45, 7) is 0. The minimum Gasteiger partial charge on any atom is -0.508 e. The van der Waals surface area contributed by atoms with Crippen molar-refractivity contribution in [1.29, 1.82) is 0 Å². The summed E-state index contributed by atoms with van der Waals surface area (Å²) in [5.41, 5.74) is 2.60. The average Bonchev–Trinajstić information content (AvgIpc) is 2.85. The molecule has 0 saturated carbocycles. The molecule has 2 aromatic carbocycles. The molecule has 5 heteroatoms. The fraction of sp³-hybridized carbons (Fsp3) is 0. The van der Waals surface area contributed by atoms with E-state index in [4.69, 9.17) is 10.3 Å². The van der Waals surface area contributed by atoms with Crippen LogP contribution < -0.4 is 5.84 Å². The zero-order valence-electron chi connectivity index (χ0n) is 9.95. The topological polar surface area (TPSA) is 84.6 Å². The van der Waals surface area contributed by atoms with E-state index in [1.165, 1.54) is 0 Å². The van der Waals surface area contributed by atoms with Crippen molar-refractivity contribution in [1.82, 2.24) is 4.98 Å². The molecule has 1 aromatic heterocycles. The van der Waals surface area contributed by atoms with E-state index in [1.807, 2.05) is 24.3 Å². The van der Waals surface area contributed by atoms with Gasteiger partial charge in [-0.1, -0.05) is 12.1 Å². The van der Waals surface area contributed by atoms with Gasteiger partial charge in [-0.15, -0.1) is 0 Å². The van der Waals surface area contributed by atoms with E-state index in [0.717, 1.165) is 11.1 Å². The first-order valence-electron chi connectivity index (χ1n) is 5.71. The number of para-hydroxylation sites is 2. The number of nitrogens with two attached hydrogens (primary N) is 1. The highest BCUT2D eigenvalue weighted by atomic mass is 16.3. The maximum Gasteiger partial charge on any atom is 0.248 e. The van der Waals surface area contributed by atoms with Crippen LogP contribution in [0.3, 0.4) is 0 Å². The highest BCUT2D eigenvalue weighted by Gasteiger charge is 2.14. The first-order chi connectivity index (χ1) is 9.28. The number of hydrazone groups is 1. The van der Waals surface area contributed by atoms with Crippen LogP contribution >= 0.6 is 0 Å². The van der Waals surface area contributed by atoms with E-state index in [0.29, 0.717) is 17.2 Å². The molecule has 0 aliphatic heterocycles. The Morgan fingerprint density at radius 3 is 2.53 bits per heavy atom. The number of fused-ring (bicyclic) bond motifs is 1. The van der Waals surface area contributed by atoms with Crippen molar-refractivity contribution in [3.63, 3.8) is 0 Å². The third-order valence-corrected chi connectivity index (χ3v) is 2.77. The van der Waals surface area contributed by atoms with Crippen LogP contribution in [-0.2, 0) is 0 Å². The number of aromatic nitrogens is 1. The Balaban J connectivity index is 2.09. The minimum atomic E-state index is 0.178. The van der Waals surface area contributed by atoms with Crippen LogP contribution in [0.1, 0.15) is 11.5 Å². The molecular weight excluding hydrogens is 242 g/mol. The van der Waals surface area contributed by atoms with Gasteiger partial charge in [-0.3, -0.25) is 0 Å². The summed E-state index contributed by atoms with van der Waals surface area (Å²) in [5.74, 6) is 5.96. The van der Waals surface area contributed by atoms with Gasteiger partial charge in [-0.25, -0.2) is 4.98 Å². The lowest BCUT2D eigenvalue weighted by atomic mass is 10.1. The smallest absolute Gasteiger partial charge is 0.248 e. The van der Waals surface area contributed by atoms with E-state index in [-0.39, 0.29) is 5.75 Å². The molecule has 0 aliphatic rings. The fourth-order valence-corrected chi connectivity index (χ4v) is 1.85. The summed E-state index contributed by atoms with van der Waals surface area (Å²) in [4.78, 5) is 4.34. The second kappa shape index (κ2) is 4.45. The molecule has 0 radical (unpaired) electrons. The first-order valence-corrected chi connectivity index (χ1v) is 5.71. The maximum absolute atomic E-state index is 9.29. The Labute approximate surface area is 109 Å². The lowest BCUT2D eigenvalue weighted by Crippen LogP contribution is -2.06. The van der Waals surface area contributed by atoms with E-state index in [9.17, 15) is 5.11 Å². The summed E-state index contributed by atoms with van der Waals surface area (Å²) in [5, 5.41) is 13.0. The van der Waals surface area contributed by atoms with E-state index >= 15 is 0 Å². The average molecular weight is 253 g/mol. The molecule has 3 rings (SSSR count). The van der Waals surface area contributed by atoms with Gasteiger partial charge >= 0.3 is 0 Å². The number of phenols is 1. The molecule has 1 heterocycles. The normalized spacial score (nSPS) is 11.9. The van der Waals surface area contributed by atoms with Crippen molar-refractivity contribution in [2.24, 2.45) is 10.9 Å². The molecule has 0 amide bonds. The van der Waals surface area contributed by atoms with E-state index in [2.05, 4.69) is 10.1 Å². The van der Waals surface area contributed by atoms with E-state index < -0.39 is 0 Å². The van der Waals surface area contributed by atoms with Crippen molar-refractivity contribution in [3.05, 3.63) is 60.0 Å². The van der Waals surface area contributed by atoms with Gasteiger partial charge in [-0.05, 0) is 36.4 Å². The van der Waals surface area contributed by atoms with Crippen LogP contribution in [-0.4, -0.2) is 15.8 Å². The zero-order chi connectivity index (χ0) is 13.2. The Morgan fingerprint density at radius 1 is 1.11 bits per heavy atom. The molecule has 0 fully saturated rings. The second-order valence-corrected chi connectivity index (χ2v) is 4.01. The number of hydrogen-bond donors (Lipinski definition) is 2. The van der Waals surface area contributed by atoms with Gasteiger partial charge in [0.05, 0.1) is 0 Å². The Bertz CT molecular complexity index is 712. The molecule has 94 valence electrons. The molecule has 5 nitrogen and oxygen atoms in total. The van der Waals surface area contributed by atoms with Crippen molar-refractivity contribution >= 4 is 16.8 Å². The maximum atomic E-state index is 9.29. The number of hydrogen-bond acceptors (Lipinski definition) is 5. The van der Waals surface area contributed by atoms with Crippen molar-refractivity contribution < 1.29 is 9.52 Å². The molecule has 0 atom stereocenters. The molecule has 0 unspecified atom stereocenters. The van der Waals surface area contributed by atoms with Crippen LogP contribution in [0, 0.1) is 0 Å². The molecule has 3 aromatic rings. The Kier molecular flexibility index (Phi) is 2.64. The zero-order valence-corrected chi connectivity index (χ0v) is 9.95. The lowest BCUT2D eigenvalue weighted by molar-refractivity contribution is 0.475. The summed E-state index contributed by atoms with van der Waals surface area (Å²) >= 11 is 0. The molecule has 0 bridgehead atoms. The van der Waals surface area contributed by atoms with Crippen molar-refractivity contribution in [2.75, 3.05) is 0 Å². The predicted molar refractivity (Wildman–Crippen MR) is 71.9 cm³/mol. The van der Waals surface area contributed by atoms with Crippen molar-refractivity contribution in [2.45, 2.75) is 0 Å². The molecule has 0 saturated heterocycles. The predicted octanol–water partition coefficient (Wildman–Crippen LogP) is 2.24. The quantitative estimate of drug-likeness (QED) is 0.416. The Morgan fingerprint density at radius 2 is 1.84 bits per heavy atom. The Hall–Kier alpha value is -2.82. The van der Waals surface area contributed by atoms with Gasteiger partial charge < -0.3 is 15.4 Å². The molecule has 0 aliphatic carbocycles. The van der Waals surface area contributed by atoms with Gasteiger partial charge in [-0.2, -0.15) is 5.10 Å². The standard InChI is InChI=1S/C14H11N3O2/c15-17-13(9-5-7-10(18)8-6-9)14-16-11-3-1-2-4-12(11)19-14/h1-8,18H,15H2. The molecular formula is C14H11N3O2. The molecule has 3 N–H and O–H groups in total. The van der Waals surface area contributed by atoms with Crippen LogP contribution in [0.5, 0.6) is 5.75 Å². The molecule has 0 spiro atoms. The summed E-state index contributed by atoms with van der Waals surface area (Å²) < 4.78 is 5.62. The summed E-state index contributed by atoms with van der Waals surface area (Å²) in [6.07, 6.45) is 0. The third kappa shape index (κ3) is 2.01. The van der Waals surface area contributed by atoms with Crippen LogP contribution in [0.2, 0.25) is 0 Å². The highest BCUT2D eigenvalue weighted by molar-refractivity contribution is 6.10. The minimum absolute atomic E-state index is 0.178. The number of nitrogens with zero attached hydrogens (tertiary/aromatic N) is 2.